The Kier molecular flexibility index (Phi) is 4.24. The molecule has 90 valence electrons. The van der Waals surface area contributed by atoms with E-state index in [0.29, 0.717) is 16.5 Å². The molecule has 1 N–H and O–H groups in total. The van der Waals surface area contributed by atoms with Crippen LogP contribution >= 0.6 is 11.6 Å². The Morgan fingerprint density at radius 1 is 1.53 bits per heavy atom. The van der Waals surface area contributed by atoms with Crippen LogP contribution in [-0.4, -0.2) is 19.8 Å². The molecule has 1 aliphatic heterocycles. The minimum atomic E-state index is 0.502. The molecule has 1 unspecified atom stereocenters. The topological polar surface area (TPSA) is 45.0 Å². The fourth-order valence-corrected chi connectivity index (χ4v) is 2.22. The number of benzene rings is 1. The predicted molar refractivity (Wildman–Crippen MR) is 68.2 cm³/mol. The molecule has 1 heterocycles. The van der Waals surface area contributed by atoms with Crippen LogP contribution in [0.5, 0.6) is 0 Å². The molecule has 1 fully saturated rings. The monoisotopic (exact) mass is 250 g/mol. The van der Waals surface area contributed by atoms with E-state index in [2.05, 4.69) is 11.4 Å². The molecule has 0 amide bonds. The quantitative estimate of drug-likeness (QED) is 0.893. The number of hydrogen-bond acceptors (Lipinski definition) is 3. The van der Waals surface area contributed by atoms with Crippen molar-refractivity contribution in [2.75, 3.05) is 25.1 Å². The van der Waals surface area contributed by atoms with Crippen molar-refractivity contribution in [1.82, 2.24) is 0 Å². The summed E-state index contributed by atoms with van der Waals surface area (Å²) in [5.41, 5.74) is 1.34. The lowest BCUT2D eigenvalue weighted by molar-refractivity contribution is 0.185. The van der Waals surface area contributed by atoms with Crippen LogP contribution in [0.4, 0.5) is 5.69 Å². The Balaban J connectivity index is 1.90. The number of nitriles is 1. The van der Waals surface area contributed by atoms with Gasteiger partial charge in [0.25, 0.3) is 0 Å². The lowest BCUT2D eigenvalue weighted by atomic mass is 10.1. The number of anilines is 1. The van der Waals surface area contributed by atoms with E-state index < -0.39 is 0 Å². The summed E-state index contributed by atoms with van der Waals surface area (Å²) in [5.74, 6) is 0.646. The number of hydrogen-bond donors (Lipinski definition) is 1. The second-order valence-corrected chi connectivity index (χ2v) is 4.63. The number of nitrogens with zero attached hydrogens (tertiary/aromatic N) is 1. The second-order valence-electron chi connectivity index (χ2n) is 4.22. The van der Waals surface area contributed by atoms with Crippen LogP contribution in [0.3, 0.4) is 0 Å². The van der Waals surface area contributed by atoms with Crippen molar-refractivity contribution in [3.63, 3.8) is 0 Å². The first-order chi connectivity index (χ1) is 8.31. The van der Waals surface area contributed by atoms with Crippen molar-refractivity contribution < 1.29 is 4.74 Å². The molecule has 1 aromatic carbocycles. The van der Waals surface area contributed by atoms with Crippen molar-refractivity contribution in [1.29, 1.82) is 5.26 Å². The zero-order valence-corrected chi connectivity index (χ0v) is 10.3. The van der Waals surface area contributed by atoms with Gasteiger partial charge < -0.3 is 10.1 Å². The first kappa shape index (κ1) is 12.2. The van der Waals surface area contributed by atoms with E-state index in [4.69, 9.17) is 21.6 Å². The maximum absolute atomic E-state index is 9.02. The third-order valence-electron chi connectivity index (χ3n) is 3.02. The van der Waals surface area contributed by atoms with E-state index in [1.165, 1.54) is 0 Å². The third kappa shape index (κ3) is 3.12. The zero-order chi connectivity index (χ0) is 12.1. The minimum Gasteiger partial charge on any atom is -0.384 e. The zero-order valence-electron chi connectivity index (χ0n) is 9.58. The van der Waals surface area contributed by atoms with Crippen LogP contribution in [0.25, 0.3) is 0 Å². The summed E-state index contributed by atoms with van der Waals surface area (Å²) >= 11 is 5.95. The highest BCUT2D eigenvalue weighted by Gasteiger charge is 2.15. The molecular formula is C13H15ClN2O. The smallest absolute Gasteiger partial charge is 0.103 e. The Morgan fingerprint density at radius 3 is 3.12 bits per heavy atom. The Labute approximate surface area is 106 Å². The molecule has 0 bridgehead atoms. The summed E-state index contributed by atoms with van der Waals surface area (Å²) < 4.78 is 5.32. The molecule has 0 radical (unpaired) electrons. The van der Waals surface area contributed by atoms with Crippen LogP contribution in [0.15, 0.2) is 18.2 Å². The van der Waals surface area contributed by atoms with Crippen LogP contribution in [0.1, 0.15) is 18.4 Å². The fraction of sp³-hybridized carbons (Fsp3) is 0.462. The van der Waals surface area contributed by atoms with Crippen LogP contribution in [0.2, 0.25) is 5.02 Å². The fourth-order valence-electron chi connectivity index (χ4n) is 2.01. The largest absolute Gasteiger partial charge is 0.384 e. The summed E-state index contributed by atoms with van der Waals surface area (Å²) in [4.78, 5) is 0. The van der Waals surface area contributed by atoms with Gasteiger partial charge in [-0.2, -0.15) is 5.26 Å². The summed E-state index contributed by atoms with van der Waals surface area (Å²) in [6.45, 7) is 2.59. The van der Waals surface area contributed by atoms with Gasteiger partial charge >= 0.3 is 0 Å². The summed E-state index contributed by atoms with van der Waals surface area (Å²) in [6.07, 6.45) is 2.21. The van der Waals surface area contributed by atoms with Crippen molar-refractivity contribution in [2.45, 2.75) is 12.8 Å². The van der Waals surface area contributed by atoms with Gasteiger partial charge in [0.15, 0.2) is 0 Å². The maximum atomic E-state index is 9.02. The first-order valence-corrected chi connectivity index (χ1v) is 6.19. The summed E-state index contributed by atoms with van der Waals surface area (Å²) in [6, 6.07) is 7.59. The molecule has 3 nitrogen and oxygen atoms in total. The molecule has 0 aromatic heterocycles. The van der Waals surface area contributed by atoms with Crippen LogP contribution < -0.4 is 5.32 Å². The SMILES string of the molecule is N#Cc1c(Cl)cccc1NCCC1CCOC1. The van der Waals surface area contributed by atoms with E-state index in [-0.39, 0.29) is 0 Å². The highest BCUT2D eigenvalue weighted by atomic mass is 35.5. The van der Waals surface area contributed by atoms with Gasteiger partial charge in [-0.3, -0.25) is 0 Å². The van der Waals surface area contributed by atoms with Crippen molar-refractivity contribution >= 4 is 17.3 Å². The van der Waals surface area contributed by atoms with Crippen molar-refractivity contribution in [2.24, 2.45) is 5.92 Å². The number of halogens is 1. The number of nitrogens with one attached hydrogen (secondary N) is 1. The standard InChI is InChI=1S/C13H15ClN2O/c14-12-2-1-3-13(11(12)8-15)16-6-4-10-5-7-17-9-10/h1-3,10,16H,4-7,9H2. The van der Waals surface area contributed by atoms with Gasteiger partial charge in [0.2, 0.25) is 0 Å². The highest BCUT2D eigenvalue weighted by Crippen LogP contribution is 2.24. The molecule has 0 spiro atoms. The van der Waals surface area contributed by atoms with E-state index in [0.717, 1.165) is 38.3 Å². The second kappa shape index (κ2) is 5.90. The normalized spacial score (nSPS) is 18.9. The molecule has 2 rings (SSSR count). The Bertz CT molecular complexity index is 422. The summed E-state index contributed by atoms with van der Waals surface area (Å²) in [5, 5.41) is 12.8. The van der Waals surface area contributed by atoms with Crippen LogP contribution in [-0.2, 0) is 4.74 Å². The molecule has 4 heteroatoms. The lowest BCUT2D eigenvalue weighted by Crippen LogP contribution is -2.09. The van der Waals surface area contributed by atoms with Gasteiger partial charge in [-0.1, -0.05) is 17.7 Å². The van der Waals surface area contributed by atoms with Gasteiger partial charge in [0, 0.05) is 19.8 Å². The Morgan fingerprint density at radius 2 is 2.41 bits per heavy atom. The van der Waals surface area contributed by atoms with E-state index in [1.54, 1.807) is 6.07 Å². The molecule has 1 atom stereocenters. The molecule has 1 aliphatic rings. The third-order valence-corrected chi connectivity index (χ3v) is 3.33. The van der Waals surface area contributed by atoms with Gasteiger partial charge in [-0.15, -0.1) is 0 Å². The molecule has 17 heavy (non-hydrogen) atoms. The molecular weight excluding hydrogens is 236 g/mol. The Hall–Kier alpha value is -1.24. The molecule has 1 aromatic rings. The van der Waals surface area contributed by atoms with Gasteiger partial charge in [0.1, 0.15) is 6.07 Å². The van der Waals surface area contributed by atoms with Gasteiger partial charge in [-0.25, -0.2) is 0 Å². The van der Waals surface area contributed by atoms with Crippen LogP contribution in [0, 0.1) is 17.2 Å². The van der Waals surface area contributed by atoms with E-state index in [9.17, 15) is 0 Å². The maximum Gasteiger partial charge on any atom is 0.103 e. The molecule has 0 saturated carbocycles. The minimum absolute atomic E-state index is 0.502. The average Bonchev–Trinajstić information content (AvgIpc) is 2.82. The highest BCUT2D eigenvalue weighted by molar-refractivity contribution is 6.32. The first-order valence-electron chi connectivity index (χ1n) is 5.81. The van der Waals surface area contributed by atoms with Crippen molar-refractivity contribution in [3.05, 3.63) is 28.8 Å². The summed E-state index contributed by atoms with van der Waals surface area (Å²) in [7, 11) is 0. The van der Waals surface area contributed by atoms with Gasteiger partial charge in [-0.05, 0) is 30.9 Å². The van der Waals surface area contributed by atoms with Gasteiger partial charge in [0.05, 0.1) is 16.3 Å². The molecule has 1 saturated heterocycles. The number of ether oxygens (including phenoxy) is 1. The molecule has 0 aliphatic carbocycles. The average molecular weight is 251 g/mol. The lowest BCUT2D eigenvalue weighted by Gasteiger charge is -2.11. The number of rotatable bonds is 4. The van der Waals surface area contributed by atoms with E-state index >= 15 is 0 Å². The van der Waals surface area contributed by atoms with E-state index in [1.807, 2.05) is 12.1 Å². The predicted octanol–water partition coefficient (Wildman–Crippen LogP) is 3.05. The van der Waals surface area contributed by atoms with Crippen molar-refractivity contribution in [3.8, 4) is 6.07 Å².